The van der Waals surface area contributed by atoms with E-state index in [9.17, 15) is 0 Å². The normalized spacial score (nSPS) is 11.1. The molecule has 0 fully saturated rings. The summed E-state index contributed by atoms with van der Waals surface area (Å²) in [5.41, 5.74) is 1.25. The third-order valence-electron chi connectivity index (χ3n) is 3.07. The number of anilines is 1. The standard InChI is InChI=1S/C15H26BrN3/c1-5-6-7-8-19(4)15-13(10-17-12(2)3)9-14(16)11-18-15/h9,11-12,17H,5-8,10H2,1-4H3. The van der Waals surface area contributed by atoms with Crippen LogP contribution in [0, 0.1) is 0 Å². The van der Waals surface area contributed by atoms with E-state index >= 15 is 0 Å². The van der Waals surface area contributed by atoms with Crippen LogP contribution in [0.1, 0.15) is 45.6 Å². The Morgan fingerprint density at radius 2 is 2.11 bits per heavy atom. The summed E-state index contributed by atoms with van der Waals surface area (Å²) >= 11 is 3.51. The van der Waals surface area contributed by atoms with Crippen molar-refractivity contribution in [2.75, 3.05) is 18.5 Å². The van der Waals surface area contributed by atoms with Gasteiger partial charge in [-0.15, -0.1) is 0 Å². The summed E-state index contributed by atoms with van der Waals surface area (Å²) in [6.07, 6.45) is 5.64. The van der Waals surface area contributed by atoms with Gasteiger partial charge in [0, 0.05) is 42.4 Å². The molecule has 0 unspecified atom stereocenters. The molecule has 0 saturated carbocycles. The Bertz CT molecular complexity index is 380. The maximum Gasteiger partial charge on any atom is 0.132 e. The molecule has 1 aromatic heterocycles. The van der Waals surface area contributed by atoms with E-state index < -0.39 is 0 Å². The minimum atomic E-state index is 0.484. The van der Waals surface area contributed by atoms with Crippen molar-refractivity contribution < 1.29 is 0 Å². The Morgan fingerprint density at radius 3 is 2.74 bits per heavy atom. The molecule has 0 atom stereocenters. The van der Waals surface area contributed by atoms with Gasteiger partial charge in [0.05, 0.1) is 0 Å². The zero-order valence-electron chi connectivity index (χ0n) is 12.5. The minimum Gasteiger partial charge on any atom is -0.359 e. The topological polar surface area (TPSA) is 28.2 Å². The lowest BCUT2D eigenvalue weighted by Gasteiger charge is -2.22. The summed E-state index contributed by atoms with van der Waals surface area (Å²) in [4.78, 5) is 6.84. The van der Waals surface area contributed by atoms with Gasteiger partial charge >= 0.3 is 0 Å². The Hall–Kier alpha value is -0.610. The fourth-order valence-electron chi connectivity index (χ4n) is 1.97. The monoisotopic (exact) mass is 327 g/mol. The molecule has 0 aliphatic heterocycles. The predicted octanol–water partition coefficient (Wildman–Crippen LogP) is 3.97. The molecule has 0 radical (unpaired) electrons. The predicted molar refractivity (Wildman–Crippen MR) is 86.7 cm³/mol. The average molecular weight is 328 g/mol. The van der Waals surface area contributed by atoms with Crippen LogP contribution in [0.15, 0.2) is 16.7 Å². The van der Waals surface area contributed by atoms with Gasteiger partial charge in [0.25, 0.3) is 0 Å². The molecule has 1 N–H and O–H groups in total. The molecule has 1 rings (SSSR count). The number of pyridine rings is 1. The highest BCUT2D eigenvalue weighted by Gasteiger charge is 2.10. The van der Waals surface area contributed by atoms with Gasteiger partial charge in [-0.3, -0.25) is 0 Å². The van der Waals surface area contributed by atoms with Crippen LogP contribution in [0.2, 0.25) is 0 Å². The fourth-order valence-corrected chi connectivity index (χ4v) is 2.35. The van der Waals surface area contributed by atoms with Crippen molar-refractivity contribution in [3.63, 3.8) is 0 Å². The molecule has 0 amide bonds. The summed E-state index contributed by atoms with van der Waals surface area (Å²) in [5.74, 6) is 1.09. The second kappa shape index (κ2) is 8.54. The van der Waals surface area contributed by atoms with Crippen molar-refractivity contribution in [1.82, 2.24) is 10.3 Å². The van der Waals surface area contributed by atoms with E-state index in [1.165, 1.54) is 24.8 Å². The lowest BCUT2D eigenvalue weighted by atomic mass is 10.2. The third kappa shape index (κ3) is 5.91. The first kappa shape index (κ1) is 16.4. The Morgan fingerprint density at radius 1 is 1.37 bits per heavy atom. The lowest BCUT2D eigenvalue weighted by molar-refractivity contribution is 0.586. The molecule has 1 heterocycles. The van der Waals surface area contributed by atoms with Crippen molar-refractivity contribution in [2.45, 2.75) is 52.6 Å². The first-order valence-corrected chi connectivity index (χ1v) is 7.92. The van der Waals surface area contributed by atoms with Crippen LogP contribution >= 0.6 is 15.9 Å². The van der Waals surface area contributed by atoms with Crippen LogP contribution in [0.4, 0.5) is 5.82 Å². The Kier molecular flexibility index (Phi) is 7.39. The lowest BCUT2D eigenvalue weighted by Crippen LogP contribution is -2.26. The molecule has 108 valence electrons. The molecular weight excluding hydrogens is 302 g/mol. The fraction of sp³-hybridized carbons (Fsp3) is 0.667. The van der Waals surface area contributed by atoms with Gasteiger partial charge in [-0.05, 0) is 28.4 Å². The second-order valence-electron chi connectivity index (χ2n) is 5.30. The van der Waals surface area contributed by atoms with Crippen LogP contribution in [0.3, 0.4) is 0 Å². The van der Waals surface area contributed by atoms with E-state index in [0.29, 0.717) is 6.04 Å². The zero-order valence-corrected chi connectivity index (χ0v) is 14.1. The number of rotatable bonds is 8. The first-order chi connectivity index (χ1) is 9.04. The van der Waals surface area contributed by atoms with Gasteiger partial charge in [0.15, 0.2) is 0 Å². The van der Waals surface area contributed by atoms with Gasteiger partial charge in [0.2, 0.25) is 0 Å². The maximum atomic E-state index is 4.57. The van der Waals surface area contributed by atoms with Crippen LogP contribution in [0.5, 0.6) is 0 Å². The highest BCUT2D eigenvalue weighted by atomic mass is 79.9. The van der Waals surface area contributed by atoms with E-state index in [0.717, 1.165) is 23.4 Å². The summed E-state index contributed by atoms with van der Waals surface area (Å²) in [5, 5.41) is 3.46. The zero-order chi connectivity index (χ0) is 14.3. The quantitative estimate of drug-likeness (QED) is 0.732. The SMILES string of the molecule is CCCCCN(C)c1ncc(Br)cc1CNC(C)C. The van der Waals surface area contributed by atoms with Gasteiger partial charge in [-0.1, -0.05) is 33.6 Å². The van der Waals surface area contributed by atoms with E-state index in [4.69, 9.17) is 0 Å². The van der Waals surface area contributed by atoms with Crippen LogP contribution < -0.4 is 10.2 Å². The number of hydrogen-bond donors (Lipinski definition) is 1. The molecule has 0 spiro atoms. The Labute approximate surface area is 125 Å². The number of hydrogen-bond acceptors (Lipinski definition) is 3. The number of halogens is 1. The number of aromatic nitrogens is 1. The highest BCUT2D eigenvalue weighted by Crippen LogP contribution is 2.21. The van der Waals surface area contributed by atoms with Crippen molar-refractivity contribution in [3.8, 4) is 0 Å². The summed E-state index contributed by atoms with van der Waals surface area (Å²) in [7, 11) is 2.13. The molecule has 0 aliphatic rings. The molecule has 0 aliphatic carbocycles. The van der Waals surface area contributed by atoms with Crippen molar-refractivity contribution in [1.29, 1.82) is 0 Å². The first-order valence-electron chi connectivity index (χ1n) is 7.13. The van der Waals surface area contributed by atoms with Crippen LogP contribution in [0.25, 0.3) is 0 Å². The van der Waals surface area contributed by atoms with Crippen molar-refractivity contribution >= 4 is 21.7 Å². The third-order valence-corrected chi connectivity index (χ3v) is 3.50. The summed E-state index contributed by atoms with van der Waals surface area (Å²) in [6, 6.07) is 2.64. The van der Waals surface area contributed by atoms with E-state index in [-0.39, 0.29) is 0 Å². The summed E-state index contributed by atoms with van der Waals surface area (Å²) < 4.78 is 1.04. The van der Waals surface area contributed by atoms with Crippen molar-refractivity contribution in [2.24, 2.45) is 0 Å². The Balaban J connectivity index is 2.74. The molecule has 0 aromatic carbocycles. The molecule has 0 bridgehead atoms. The van der Waals surface area contributed by atoms with Gasteiger partial charge in [-0.25, -0.2) is 4.98 Å². The van der Waals surface area contributed by atoms with Gasteiger partial charge in [-0.2, -0.15) is 0 Å². The molecule has 1 aromatic rings. The van der Waals surface area contributed by atoms with E-state index in [2.05, 4.69) is 65.0 Å². The molecular formula is C15H26BrN3. The average Bonchev–Trinajstić information content (AvgIpc) is 2.36. The van der Waals surface area contributed by atoms with Crippen LogP contribution in [-0.2, 0) is 6.54 Å². The highest BCUT2D eigenvalue weighted by molar-refractivity contribution is 9.10. The van der Waals surface area contributed by atoms with Crippen LogP contribution in [-0.4, -0.2) is 24.6 Å². The molecule has 19 heavy (non-hydrogen) atoms. The number of nitrogens with zero attached hydrogens (tertiary/aromatic N) is 2. The van der Waals surface area contributed by atoms with Gasteiger partial charge < -0.3 is 10.2 Å². The van der Waals surface area contributed by atoms with Crippen molar-refractivity contribution in [3.05, 3.63) is 22.3 Å². The smallest absolute Gasteiger partial charge is 0.132 e. The second-order valence-corrected chi connectivity index (χ2v) is 6.22. The molecule has 4 heteroatoms. The summed E-state index contributed by atoms with van der Waals surface area (Å²) in [6.45, 7) is 8.48. The maximum absolute atomic E-state index is 4.57. The van der Waals surface area contributed by atoms with E-state index in [1.54, 1.807) is 0 Å². The molecule has 0 saturated heterocycles. The number of nitrogens with one attached hydrogen (secondary N) is 1. The minimum absolute atomic E-state index is 0.484. The van der Waals surface area contributed by atoms with Gasteiger partial charge in [0.1, 0.15) is 5.82 Å². The van der Waals surface area contributed by atoms with E-state index in [1.807, 2.05) is 6.20 Å². The largest absolute Gasteiger partial charge is 0.359 e. The molecule has 3 nitrogen and oxygen atoms in total. The number of unbranched alkanes of at least 4 members (excludes halogenated alkanes) is 2.